The average Bonchev–Trinajstić information content (AvgIpc) is 2.86. The van der Waals surface area contributed by atoms with Crippen LogP contribution in [0.15, 0.2) is 36.5 Å². The van der Waals surface area contributed by atoms with Crippen LogP contribution < -0.4 is 5.32 Å². The van der Waals surface area contributed by atoms with E-state index in [2.05, 4.69) is 10.4 Å². The summed E-state index contributed by atoms with van der Waals surface area (Å²) < 4.78 is 1.86. The van der Waals surface area contributed by atoms with Gasteiger partial charge in [0, 0.05) is 17.8 Å². The highest BCUT2D eigenvalue weighted by atomic mass is 35.5. The number of rotatable bonds is 5. The highest BCUT2D eigenvalue weighted by molar-refractivity contribution is 6.30. The minimum Gasteiger partial charge on any atom is -0.350 e. The number of aryl methyl sites for hydroxylation is 1. The molecule has 0 saturated carbocycles. The van der Waals surface area contributed by atoms with Crippen molar-refractivity contribution in [3.05, 3.63) is 52.8 Å². The van der Waals surface area contributed by atoms with Crippen LogP contribution in [0.3, 0.4) is 0 Å². The molecule has 19 heavy (non-hydrogen) atoms. The summed E-state index contributed by atoms with van der Waals surface area (Å²) in [6.45, 7) is 3.32. The molecule has 0 aliphatic carbocycles. The van der Waals surface area contributed by atoms with Gasteiger partial charge in [-0.3, -0.25) is 9.48 Å². The van der Waals surface area contributed by atoms with Crippen molar-refractivity contribution < 1.29 is 4.79 Å². The third-order valence-corrected chi connectivity index (χ3v) is 3.10. The van der Waals surface area contributed by atoms with Crippen molar-refractivity contribution in [1.29, 1.82) is 0 Å². The molecule has 0 aliphatic rings. The Kier molecular flexibility index (Phi) is 4.58. The number of benzene rings is 1. The molecule has 5 heteroatoms. The SMILES string of the molecule is CCn1nccc1CNC(=O)Cc1ccc(Cl)cc1. The molecule has 0 atom stereocenters. The van der Waals surface area contributed by atoms with E-state index in [4.69, 9.17) is 11.6 Å². The fourth-order valence-corrected chi connectivity index (χ4v) is 1.96. The molecule has 1 aromatic carbocycles. The van der Waals surface area contributed by atoms with Crippen LogP contribution in [0.5, 0.6) is 0 Å². The molecule has 0 aliphatic heterocycles. The van der Waals surface area contributed by atoms with Crippen molar-refractivity contribution in [2.45, 2.75) is 26.4 Å². The Hall–Kier alpha value is -1.81. The highest BCUT2D eigenvalue weighted by Crippen LogP contribution is 2.09. The Morgan fingerprint density at radius 1 is 1.32 bits per heavy atom. The zero-order valence-corrected chi connectivity index (χ0v) is 11.5. The lowest BCUT2D eigenvalue weighted by molar-refractivity contribution is -0.120. The third kappa shape index (κ3) is 3.83. The Balaban J connectivity index is 1.86. The average molecular weight is 278 g/mol. The standard InChI is InChI=1S/C14H16ClN3O/c1-2-18-13(7-8-17-18)10-16-14(19)9-11-3-5-12(15)6-4-11/h3-8H,2,9-10H2,1H3,(H,16,19). The molecule has 0 unspecified atom stereocenters. The van der Waals surface area contributed by atoms with Crippen molar-refractivity contribution >= 4 is 17.5 Å². The molecule has 0 fully saturated rings. The van der Waals surface area contributed by atoms with E-state index < -0.39 is 0 Å². The number of nitrogens with zero attached hydrogens (tertiary/aromatic N) is 2. The van der Waals surface area contributed by atoms with Crippen LogP contribution in [-0.2, 0) is 24.3 Å². The fourth-order valence-electron chi connectivity index (χ4n) is 1.83. The normalized spacial score (nSPS) is 10.4. The summed E-state index contributed by atoms with van der Waals surface area (Å²) in [4.78, 5) is 11.8. The van der Waals surface area contributed by atoms with Gasteiger partial charge in [0.15, 0.2) is 0 Å². The number of nitrogens with one attached hydrogen (secondary N) is 1. The lowest BCUT2D eigenvalue weighted by Gasteiger charge is -2.07. The number of carbonyl (C=O) groups excluding carboxylic acids is 1. The van der Waals surface area contributed by atoms with E-state index >= 15 is 0 Å². The van der Waals surface area contributed by atoms with Crippen molar-refractivity contribution in [1.82, 2.24) is 15.1 Å². The van der Waals surface area contributed by atoms with Gasteiger partial charge in [-0.1, -0.05) is 23.7 Å². The van der Waals surface area contributed by atoms with Crippen molar-refractivity contribution in [3.8, 4) is 0 Å². The fraction of sp³-hybridized carbons (Fsp3) is 0.286. The van der Waals surface area contributed by atoms with E-state index in [1.165, 1.54) is 0 Å². The molecule has 2 rings (SSSR count). The Bertz CT molecular complexity index is 548. The summed E-state index contributed by atoms with van der Waals surface area (Å²) in [6, 6.07) is 9.20. The molecule has 1 aromatic heterocycles. The summed E-state index contributed by atoms with van der Waals surface area (Å²) in [6.07, 6.45) is 2.10. The lowest BCUT2D eigenvalue weighted by Crippen LogP contribution is -2.25. The van der Waals surface area contributed by atoms with Gasteiger partial charge < -0.3 is 5.32 Å². The smallest absolute Gasteiger partial charge is 0.224 e. The number of hydrogen-bond acceptors (Lipinski definition) is 2. The van der Waals surface area contributed by atoms with Gasteiger partial charge in [-0.05, 0) is 30.7 Å². The Morgan fingerprint density at radius 3 is 2.74 bits per heavy atom. The van der Waals surface area contributed by atoms with E-state index in [9.17, 15) is 4.79 Å². The molecular weight excluding hydrogens is 262 g/mol. The van der Waals surface area contributed by atoms with Crippen LogP contribution in [0.25, 0.3) is 0 Å². The van der Waals surface area contributed by atoms with E-state index in [0.717, 1.165) is 17.8 Å². The second kappa shape index (κ2) is 6.38. The summed E-state index contributed by atoms with van der Waals surface area (Å²) in [7, 11) is 0. The van der Waals surface area contributed by atoms with Crippen LogP contribution in [0, 0.1) is 0 Å². The summed E-state index contributed by atoms with van der Waals surface area (Å²) in [5.74, 6) is -0.00817. The monoisotopic (exact) mass is 277 g/mol. The first-order chi connectivity index (χ1) is 9.19. The molecule has 1 N–H and O–H groups in total. The van der Waals surface area contributed by atoms with Gasteiger partial charge in [-0.2, -0.15) is 5.10 Å². The maximum Gasteiger partial charge on any atom is 0.224 e. The van der Waals surface area contributed by atoms with Crippen LogP contribution in [0.2, 0.25) is 5.02 Å². The van der Waals surface area contributed by atoms with E-state index in [1.54, 1.807) is 18.3 Å². The maximum absolute atomic E-state index is 11.8. The molecular formula is C14H16ClN3O. The predicted octanol–water partition coefficient (Wildman–Crippen LogP) is 2.42. The first-order valence-electron chi connectivity index (χ1n) is 6.21. The van der Waals surface area contributed by atoms with E-state index in [-0.39, 0.29) is 5.91 Å². The molecule has 1 amide bonds. The van der Waals surface area contributed by atoms with Crippen molar-refractivity contribution in [2.75, 3.05) is 0 Å². The quantitative estimate of drug-likeness (QED) is 0.912. The summed E-state index contributed by atoms with van der Waals surface area (Å²) >= 11 is 5.80. The second-order valence-electron chi connectivity index (χ2n) is 4.22. The van der Waals surface area contributed by atoms with Gasteiger partial charge in [0.25, 0.3) is 0 Å². The molecule has 100 valence electrons. The summed E-state index contributed by atoms with van der Waals surface area (Å²) in [5.41, 5.74) is 1.96. The molecule has 0 radical (unpaired) electrons. The zero-order chi connectivity index (χ0) is 13.7. The largest absolute Gasteiger partial charge is 0.350 e. The van der Waals surface area contributed by atoms with Gasteiger partial charge in [0.1, 0.15) is 0 Å². The first kappa shape index (κ1) is 13.6. The number of hydrogen-bond donors (Lipinski definition) is 1. The van der Waals surface area contributed by atoms with E-state index in [1.807, 2.05) is 29.8 Å². The zero-order valence-electron chi connectivity index (χ0n) is 10.8. The highest BCUT2D eigenvalue weighted by Gasteiger charge is 2.05. The predicted molar refractivity (Wildman–Crippen MR) is 74.9 cm³/mol. The van der Waals surface area contributed by atoms with Crippen LogP contribution in [0.4, 0.5) is 0 Å². The molecule has 0 bridgehead atoms. The lowest BCUT2D eigenvalue weighted by atomic mass is 10.1. The van der Waals surface area contributed by atoms with Crippen LogP contribution >= 0.6 is 11.6 Å². The minimum atomic E-state index is -0.00817. The van der Waals surface area contributed by atoms with Crippen LogP contribution in [-0.4, -0.2) is 15.7 Å². The van der Waals surface area contributed by atoms with Gasteiger partial charge in [-0.15, -0.1) is 0 Å². The van der Waals surface area contributed by atoms with Gasteiger partial charge in [-0.25, -0.2) is 0 Å². The topological polar surface area (TPSA) is 46.9 Å². The maximum atomic E-state index is 11.8. The molecule has 4 nitrogen and oxygen atoms in total. The molecule has 0 spiro atoms. The second-order valence-corrected chi connectivity index (χ2v) is 4.65. The van der Waals surface area contributed by atoms with Crippen LogP contribution in [0.1, 0.15) is 18.2 Å². The number of aromatic nitrogens is 2. The Morgan fingerprint density at radius 2 is 2.05 bits per heavy atom. The molecule has 1 heterocycles. The Labute approximate surface area is 117 Å². The van der Waals surface area contributed by atoms with Crippen molar-refractivity contribution in [2.24, 2.45) is 0 Å². The van der Waals surface area contributed by atoms with Gasteiger partial charge in [0.05, 0.1) is 18.7 Å². The van der Waals surface area contributed by atoms with Gasteiger partial charge >= 0.3 is 0 Å². The first-order valence-corrected chi connectivity index (χ1v) is 6.58. The minimum absolute atomic E-state index is 0.00817. The molecule has 2 aromatic rings. The van der Waals surface area contributed by atoms with E-state index in [0.29, 0.717) is 18.0 Å². The molecule has 0 saturated heterocycles. The third-order valence-electron chi connectivity index (χ3n) is 2.85. The number of amides is 1. The van der Waals surface area contributed by atoms with Gasteiger partial charge in [0.2, 0.25) is 5.91 Å². The summed E-state index contributed by atoms with van der Waals surface area (Å²) in [5, 5.41) is 7.72. The number of carbonyl (C=O) groups is 1. The number of halogens is 1. The van der Waals surface area contributed by atoms with Crippen molar-refractivity contribution in [3.63, 3.8) is 0 Å².